The lowest BCUT2D eigenvalue weighted by Gasteiger charge is -2.16. The van der Waals surface area contributed by atoms with Gasteiger partial charge in [-0.2, -0.15) is 0 Å². The Kier molecular flexibility index (Phi) is 2.60. The quantitative estimate of drug-likeness (QED) is 0.939. The number of hydrogen-bond acceptors (Lipinski definition) is 3. The third kappa shape index (κ3) is 2.02. The molecular weight excluding hydrogens is 271 g/mol. The van der Waals surface area contributed by atoms with E-state index in [0.29, 0.717) is 30.4 Å². The third-order valence-electron chi connectivity index (χ3n) is 4.31. The van der Waals surface area contributed by atoms with E-state index >= 15 is 0 Å². The number of amides is 1. The highest BCUT2D eigenvalue weighted by Crippen LogP contribution is 2.50. The summed E-state index contributed by atoms with van der Waals surface area (Å²) in [5.41, 5.74) is -0.272. The molecule has 2 fully saturated rings. The monoisotopic (exact) mass is 286 g/mol. The summed E-state index contributed by atoms with van der Waals surface area (Å²) in [4.78, 5) is 12.6. The molecule has 1 aromatic heterocycles. The fourth-order valence-corrected chi connectivity index (χ4v) is 2.77. The molecular formula is C15H15FN4O. The second-order valence-corrected chi connectivity index (χ2v) is 5.81. The highest BCUT2D eigenvalue weighted by Gasteiger charge is 2.53. The summed E-state index contributed by atoms with van der Waals surface area (Å²) in [6.45, 7) is 0. The molecule has 2 saturated carbocycles. The molecule has 0 radical (unpaired) electrons. The fraction of sp³-hybridized carbons (Fsp3) is 0.400. The first-order chi connectivity index (χ1) is 10.2. The molecule has 2 aliphatic rings. The Morgan fingerprint density at radius 2 is 2.10 bits per heavy atom. The molecule has 1 heterocycles. The number of halogens is 1. The Hall–Kier alpha value is -2.24. The number of carbonyl (C=O) groups is 1. The number of nitrogens with zero attached hydrogens (tertiary/aromatic N) is 3. The van der Waals surface area contributed by atoms with E-state index in [1.165, 1.54) is 6.07 Å². The topological polar surface area (TPSA) is 59.8 Å². The molecule has 0 spiro atoms. The average molecular weight is 286 g/mol. The molecule has 5 nitrogen and oxygen atoms in total. The summed E-state index contributed by atoms with van der Waals surface area (Å²) in [6, 6.07) is 6.87. The maximum absolute atomic E-state index is 14.0. The third-order valence-corrected chi connectivity index (χ3v) is 4.31. The van der Waals surface area contributed by atoms with Gasteiger partial charge >= 0.3 is 0 Å². The van der Waals surface area contributed by atoms with Gasteiger partial charge in [0.25, 0.3) is 0 Å². The first kappa shape index (κ1) is 12.5. The van der Waals surface area contributed by atoms with Gasteiger partial charge in [0.15, 0.2) is 0 Å². The van der Waals surface area contributed by atoms with Gasteiger partial charge in [-0.05, 0) is 31.7 Å². The van der Waals surface area contributed by atoms with Crippen LogP contribution in [-0.4, -0.2) is 20.7 Å². The van der Waals surface area contributed by atoms with E-state index in [9.17, 15) is 9.18 Å². The summed E-state index contributed by atoms with van der Waals surface area (Å²) in [5.74, 6) is -0.0542. The molecule has 0 atom stereocenters. The zero-order valence-corrected chi connectivity index (χ0v) is 11.4. The Morgan fingerprint density at radius 3 is 2.76 bits per heavy atom. The average Bonchev–Trinajstić information content (AvgIpc) is 3.40. The summed E-state index contributed by atoms with van der Waals surface area (Å²) < 4.78 is 15.9. The van der Waals surface area contributed by atoms with Gasteiger partial charge in [-0.1, -0.05) is 18.2 Å². The number of benzene rings is 1. The zero-order chi connectivity index (χ0) is 14.4. The predicted molar refractivity (Wildman–Crippen MR) is 74.2 cm³/mol. The van der Waals surface area contributed by atoms with Crippen LogP contribution in [0.2, 0.25) is 0 Å². The summed E-state index contributed by atoms with van der Waals surface area (Å²) >= 11 is 0. The van der Waals surface area contributed by atoms with E-state index in [1.807, 2.05) is 4.57 Å². The van der Waals surface area contributed by atoms with Crippen molar-refractivity contribution in [2.24, 2.45) is 0 Å². The number of anilines is 1. The van der Waals surface area contributed by atoms with Crippen LogP contribution in [0.25, 0.3) is 0 Å². The molecule has 4 rings (SSSR count). The van der Waals surface area contributed by atoms with Crippen molar-refractivity contribution in [1.82, 2.24) is 14.8 Å². The van der Waals surface area contributed by atoms with E-state index in [0.717, 1.165) is 12.8 Å². The number of hydrogen-bond donors (Lipinski definition) is 1. The molecule has 1 amide bonds. The van der Waals surface area contributed by atoms with Crippen molar-refractivity contribution in [1.29, 1.82) is 0 Å². The van der Waals surface area contributed by atoms with Gasteiger partial charge in [0.2, 0.25) is 11.9 Å². The van der Waals surface area contributed by atoms with Gasteiger partial charge in [0, 0.05) is 11.6 Å². The van der Waals surface area contributed by atoms with E-state index < -0.39 is 5.41 Å². The van der Waals surface area contributed by atoms with Crippen molar-refractivity contribution >= 4 is 11.9 Å². The Bertz CT molecular complexity index is 703. The van der Waals surface area contributed by atoms with Crippen LogP contribution in [-0.2, 0) is 10.2 Å². The maximum atomic E-state index is 14.0. The van der Waals surface area contributed by atoms with Crippen LogP contribution in [0.4, 0.5) is 10.3 Å². The van der Waals surface area contributed by atoms with Gasteiger partial charge in [0.05, 0.1) is 5.41 Å². The van der Waals surface area contributed by atoms with Gasteiger partial charge in [-0.15, -0.1) is 10.2 Å². The summed E-state index contributed by atoms with van der Waals surface area (Å²) in [5, 5.41) is 10.6. The smallest absolute Gasteiger partial charge is 0.237 e. The number of aromatic nitrogens is 3. The Labute approximate surface area is 121 Å². The molecule has 2 aliphatic carbocycles. The van der Waals surface area contributed by atoms with Crippen molar-refractivity contribution in [3.05, 3.63) is 42.0 Å². The minimum atomic E-state index is -0.744. The van der Waals surface area contributed by atoms with Gasteiger partial charge in [-0.25, -0.2) is 4.39 Å². The van der Waals surface area contributed by atoms with E-state index in [-0.39, 0.29) is 11.7 Å². The predicted octanol–water partition coefficient (Wildman–Crippen LogP) is 2.42. The molecule has 2 aromatic rings. The highest BCUT2D eigenvalue weighted by atomic mass is 19.1. The zero-order valence-electron chi connectivity index (χ0n) is 11.4. The minimum absolute atomic E-state index is 0.192. The number of nitrogens with one attached hydrogen (secondary N) is 1. The van der Waals surface area contributed by atoms with Crippen LogP contribution in [0, 0.1) is 5.82 Å². The first-order valence-corrected chi connectivity index (χ1v) is 7.17. The number of rotatable bonds is 4. The molecule has 0 bridgehead atoms. The van der Waals surface area contributed by atoms with Crippen LogP contribution in [0.3, 0.4) is 0 Å². The first-order valence-electron chi connectivity index (χ1n) is 7.17. The lowest BCUT2D eigenvalue weighted by Crippen LogP contribution is -2.30. The molecule has 1 aromatic carbocycles. The minimum Gasteiger partial charge on any atom is -0.297 e. The number of carbonyl (C=O) groups excluding carboxylic acids is 1. The van der Waals surface area contributed by atoms with Crippen molar-refractivity contribution in [2.75, 3.05) is 5.32 Å². The van der Waals surface area contributed by atoms with E-state index in [4.69, 9.17) is 0 Å². The van der Waals surface area contributed by atoms with Crippen molar-refractivity contribution in [3.8, 4) is 0 Å². The molecule has 6 heteroatoms. The second kappa shape index (κ2) is 4.38. The van der Waals surface area contributed by atoms with Gasteiger partial charge in [0.1, 0.15) is 12.1 Å². The standard InChI is InChI=1S/C15H15FN4O/c16-12-4-2-1-3-11(12)15(7-8-15)13(21)18-14-19-17-9-20(14)10-5-6-10/h1-4,9-10H,5-8H2,(H,18,19,21). The molecule has 0 unspecified atom stereocenters. The maximum Gasteiger partial charge on any atom is 0.237 e. The lowest BCUT2D eigenvalue weighted by atomic mass is 9.94. The molecule has 21 heavy (non-hydrogen) atoms. The highest BCUT2D eigenvalue weighted by molar-refractivity contribution is 6.00. The molecule has 0 saturated heterocycles. The second-order valence-electron chi connectivity index (χ2n) is 5.81. The van der Waals surface area contributed by atoms with Gasteiger partial charge in [-0.3, -0.25) is 14.7 Å². The van der Waals surface area contributed by atoms with Crippen LogP contribution < -0.4 is 5.32 Å². The van der Waals surface area contributed by atoms with Crippen LogP contribution in [0.15, 0.2) is 30.6 Å². The van der Waals surface area contributed by atoms with Crippen molar-refractivity contribution < 1.29 is 9.18 Å². The van der Waals surface area contributed by atoms with Crippen molar-refractivity contribution in [2.45, 2.75) is 37.1 Å². The fourth-order valence-electron chi connectivity index (χ4n) is 2.77. The summed E-state index contributed by atoms with van der Waals surface area (Å²) in [7, 11) is 0. The lowest BCUT2D eigenvalue weighted by molar-refractivity contribution is -0.118. The SMILES string of the molecule is O=C(Nc1nncn1C1CC1)C1(c2ccccc2F)CC1. The molecule has 1 N–H and O–H groups in total. The Morgan fingerprint density at radius 1 is 1.33 bits per heavy atom. The molecule has 108 valence electrons. The van der Waals surface area contributed by atoms with Gasteiger partial charge < -0.3 is 0 Å². The normalized spacial score (nSPS) is 19.3. The summed E-state index contributed by atoms with van der Waals surface area (Å²) in [6.07, 6.45) is 5.13. The Balaban J connectivity index is 1.60. The van der Waals surface area contributed by atoms with E-state index in [2.05, 4.69) is 15.5 Å². The van der Waals surface area contributed by atoms with E-state index in [1.54, 1.807) is 24.5 Å². The van der Waals surface area contributed by atoms with Crippen LogP contribution in [0.1, 0.15) is 37.3 Å². The van der Waals surface area contributed by atoms with Crippen LogP contribution >= 0.6 is 0 Å². The van der Waals surface area contributed by atoms with Crippen LogP contribution in [0.5, 0.6) is 0 Å². The van der Waals surface area contributed by atoms with Crippen molar-refractivity contribution in [3.63, 3.8) is 0 Å². The largest absolute Gasteiger partial charge is 0.297 e. The molecule has 0 aliphatic heterocycles.